The Labute approximate surface area is 244 Å². The lowest BCUT2D eigenvalue weighted by Crippen LogP contribution is -2.21. The zero-order valence-corrected chi connectivity index (χ0v) is 25.1. The van der Waals surface area contributed by atoms with Gasteiger partial charge < -0.3 is 9.64 Å². The van der Waals surface area contributed by atoms with Crippen LogP contribution in [0.15, 0.2) is 64.8 Å². The minimum absolute atomic E-state index is 0.294. The highest BCUT2D eigenvalue weighted by Gasteiger charge is 2.10. The number of nitrogens with zero attached hydrogens (tertiary/aromatic N) is 4. The number of hydrogen-bond acceptors (Lipinski definition) is 10. The van der Waals surface area contributed by atoms with Gasteiger partial charge in [0.1, 0.15) is 9.83 Å². The van der Waals surface area contributed by atoms with Crippen LogP contribution in [0.2, 0.25) is 0 Å². The maximum atomic E-state index is 12.3. The average molecular weight is 579 g/mol. The van der Waals surface area contributed by atoms with Crippen LogP contribution in [-0.4, -0.2) is 30.6 Å². The molecule has 2 heterocycles. The lowest BCUT2D eigenvalue weighted by molar-refractivity contribution is 0.0497. The summed E-state index contributed by atoms with van der Waals surface area (Å²) >= 11 is 3.04. The van der Waals surface area contributed by atoms with E-state index >= 15 is 0 Å². The highest BCUT2D eigenvalue weighted by Crippen LogP contribution is 2.37. The van der Waals surface area contributed by atoms with Crippen LogP contribution >= 0.6 is 22.7 Å². The molecular formula is C30H38N6O2S2. The van der Waals surface area contributed by atoms with Crippen molar-refractivity contribution >= 4 is 65.4 Å². The Bertz CT molecular complexity index is 1330. The maximum absolute atomic E-state index is 12.3. The molecule has 0 aliphatic carbocycles. The van der Waals surface area contributed by atoms with Crippen LogP contribution < -0.4 is 15.8 Å². The number of hydrogen-bond donors (Lipinski definition) is 2. The van der Waals surface area contributed by atoms with Crippen LogP contribution in [0.25, 0.3) is 9.53 Å². The Morgan fingerprint density at radius 2 is 1.60 bits per heavy atom. The van der Waals surface area contributed by atoms with E-state index in [1.807, 2.05) is 6.07 Å². The molecule has 4 rings (SSSR count). The van der Waals surface area contributed by atoms with Crippen molar-refractivity contribution in [3.63, 3.8) is 0 Å². The molecular weight excluding hydrogens is 541 g/mol. The fourth-order valence-corrected chi connectivity index (χ4v) is 6.08. The summed E-state index contributed by atoms with van der Waals surface area (Å²) in [5.74, 6) is -0.294. The molecule has 0 atom stereocenters. The molecule has 4 aromatic rings. The molecule has 0 aliphatic heterocycles. The number of rotatable bonds is 16. The minimum atomic E-state index is -0.294. The van der Waals surface area contributed by atoms with Gasteiger partial charge in [-0.05, 0) is 74.9 Å². The molecule has 8 nitrogen and oxygen atoms in total. The van der Waals surface area contributed by atoms with E-state index in [2.05, 4.69) is 76.0 Å². The molecule has 40 heavy (non-hydrogen) atoms. The number of unbranched alkanes of at least 4 members (excludes halogenated alkanes) is 5. The van der Waals surface area contributed by atoms with E-state index in [0.29, 0.717) is 17.9 Å². The van der Waals surface area contributed by atoms with Gasteiger partial charge in [0.25, 0.3) is 0 Å². The SMILES string of the molecule is CCCCCCCCOC(=O)c1ccc(N=Nc2cc3sc(NNc4ccc(N(CC)CC)cc4)nc3s2)cc1. The minimum Gasteiger partial charge on any atom is -0.462 e. The number of thiophene rings is 1. The predicted octanol–water partition coefficient (Wildman–Crippen LogP) is 9.58. The highest BCUT2D eigenvalue weighted by molar-refractivity contribution is 7.30. The molecule has 0 unspecified atom stereocenters. The molecule has 0 saturated carbocycles. The second-order valence-electron chi connectivity index (χ2n) is 9.39. The van der Waals surface area contributed by atoms with Crippen molar-refractivity contribution in [2.75, 3.05) is 35.4 Å². The van der Waals surface area contributed by atoms with E-state index in [1.54, 1.807) is 35.6 Å². The number of anilines is 3. The highest BCUT2D eigenvalue weighted by atomic mass is 32.1. The van der Waals surface area contributed by atoms with Gasteiger partial charge in [-0.2, -0.15) is 0 Å². The van der Waals surface area contributed by atoms with Crippen LogP contribution in [-0.2, 0) is 4.74 Å². The van der Waals surface area contributed by atoms with Gasteiger partial charge in [-0.3, -0.25) is 10.9 Å². The lowest BCUT2D eigenvalue weighted by Gasteiger charge is -2.21. The number of hydrazine groups is 1. The van der Waals surface area contributed by atoms with Crippen LogP contribution in [0.3, 0.4) is 0 Å². The first-order chi connectivity index (χ1) is 19.6. The number of thiazole rings is 1. The third kappa shape index (κ3) is 8.50. The average Bonchev–Trinajstić information content (AvgIpc) is 3.54. The number of benzene rings is 2. The number of carbonyl (C=O) groups is 1. The number of carbonyl (C=O) groups excluding carboxylic acids is 1. The monoisotopic (exact) mass is 578 g/mol. The van der Waals surface area contributed by atoms with Crippen molar-refractivity contribution in [2.45, 2.75) is 59.3 Å². The Hall–Kier alpha value is -3.50. The largest absolute Gasteiger partial charge is 0.462 e. The molecule has 10 heteroatoms. The van der Waals surface area contributed by atoms with Gasteiger partial charge in [0.05, 0.1) is 28.2 Å². The summed E-state index contributed by atoms with van der Waals surface area (Å²) in [6.45, 7) is 8.97. The summed E-state index contributed by atoms with van der Waals surface area (Å²) in [5.41, 5.74) is 9.80. The van der Waals surface area contributed by atoms with E-state index in [9.17, 15) is 4.79 Å². The number of ether oxygens (including phenoxy) is 1. The molecule has 0 bridgehead atoms. The van der Waals surface area contributed by atoms with Crippen molar-refractivity contribution in [3.8, 4) is 0 Å². The molecule has 0 aliphatic rings. The Morgan fingerprint density at radius 3 is 2.30 bits per heavy atom. The van der Waals surface area contributed by atoms with Crippen molar-refractivity contribution in [2.24, 2.45) is 10.2 Å². The smallest absolute Gasteiger partial charge is 0.338 e. The molecule has 0 fully saturated rings. The second kappa shape index (κ2) is 15.3. The molecule has 0 saturated heterocycles. The maximum Gasteiger partial charge on any atom is 0.338 e. The van der Waals surface area contributed by atoms with Crippen molar-refractivity contribution in [1.29, 1.82) is 0 Å². The first-order valence-electron chi connectivity index (χ1n) is 14.1. The first kappa shape index (κ1) is 29.5. The van der Waals surface area contributed by atoms with Crippen molar-refractivity contribution in [1.82, 2.24) is 4.98 Å². The van der Waals surface area contributed by atoms with Gasteiger partial charge in [-0.15, -0.1) is 10.2 Å². The normalized spacial score (nSPS) is 11.3. The van der Waals surface area contributed by atoms with E-state index < -0.39 is 0 Å². The first-order valence-corrected chi connectivity index (χ1v) is 15.7. The molecule has 2 aromatic carbocycles. The molecule has 212 valence electrons. The third-order valence-corrected chi connectivity index (χ3v) is 8.44. The number of azo groups is 1. The van der Waals surface area contributed by atoms with Gasteiger partial charge in [0.15, 0.2) is 0 Å². The number of esters is 1. The van der Waals surface area contributed by atoms with Gasteiger partial charge >= 0.3 is 5.97 Å². The fraction of sp³-hybridized carbons (Fsp3) is 0.400. The second-order valence-corrected chi connectivity index (χ2v) is 11.4. The number of nitrogens with one attached hydrogen (secondary N) is 2. The third-order valence-electron chi connectivity index (χ3n) is 6.48. The van der Waals surface area contributed by atoms with Crippen molar-refractivity contribution < 1.29 is 9.53 Å². The van der Waals surface area contributed by atoms with Crippen molar-refractivity contribution in [3.05, 3.63) is 60.2 Å². The molecule has 2 N–H and O–H groups in total. The lowest BCUT2D eigenvalue weighted by atomic mass is 10.1. The van der Waals surface area contributed by atoms with E-state index in [4.69, 9.17) is 4.74 Å². The Kier molecular flexibility index (Phi) is 11.3. The zero-order valence-electron chi connectivity index (χ0n) is 23.5. The molecule has 0 radical (unpaired) electrons. The van der Waals surface area contributed by atoms with E-state index in [1.165, 1.54) is 42.7 Å². The van der Waals surface area contributed by atoms with Gasteiger partial charge in [-0.25, -0.2) is 9.78 Å². The molecule has 0 spiro atoms. The van der Waals surface area contributed by atoms with Gasteiger partial charge in [0.2, 0.25) is 5.13 Å². The van der Waals surface area contributed by atoms with Crippen LogP contribution in [0, 0.1) is 0 Å². The Morgan fingerprint density at radius 1 is 0.875 bits per heavy atom. The predicted molar refractivity (Wildman–Crippen MR) is 169 cm³/mol. The summed E-state index contributed by atoms with van der Waals surface area (Å²) in [5, 5.41) is 10.3. The topological polar surface area (TPSA) is 91.2 Å². The summed E-state index contributed by atoms with van der Waals surface area (Å²) in [6.07, 6.45) is 6.97. The molecule has 2 aromatic heterocycles. The summed E-state index contributed by atoms with van der Waals surface area (Å²) in [7, 11) is 0. The van der Waals surface area contributed by atoms with Crippen LogP contribution in [0.5, 0.6) is 0 Å². The summed E-state index contributed by atoms with van der Waals surface area (Å²) in [4.78, 5) is 20.1. The number of fused-ring (bicyclic) bond motifs is 1. The Balaban J connectivity index is 1.24. The van der Waals surface area contributed by atoms with E-state index in [0.717, 1.165) is 51.3 Å². The molecule has 0 amide bonds. The zero-order chi connectivity index (χ0) is 28.2. The number of aromatic nitrogens is 1. The van der Waals surface area contributed by atoms with Crippen LogP contribution in [0.4, 0.5) is 27.2 Å². The summed E-state index contributed by atoms with van der Waals surface area (Å²) < 4.78 is 6.44. The fourth-order valence-electron chi connectivity index (χ4n) is 4.20. The summed E-state index contributed by atoms with van der Waals surface area (Å²) in [6, 6.07) is 17.4. The quantitative estimate of drug-likeness (QED) is 0.0595. The van der Waals surface area contributed by atoms with Crippen LogP contribution in [0.1, 0.15) is 69.7 Å². The van der Waals surface area contributed by atoms with Gasteiger partial charge in [0, 0.05) is 18.8 Å². The standard InChI is InChI=1S/C30H38N6O2S2/c1-4-7-8-9-10-11-20-38-29(37)22-12-14-23(15-13-22)32-34-27-21-26-28(40-27)31-30(39-26)35-33-24-16-18-25(19-17-24)36(5-2)6-3/h12-19,21,33H,4-11,20H2,1-3H3,(H,31,35). The van der Waals surface area contributed by atoms with E-state index in [-0.39, 0.29) is 5.97 Å². The van der Waals surface area contributed by atoms with Gasteiger partial charge in [-0.1, -0.05) is 61.7 Å².